The van der Waals surface area contributed by atoms with Gasteiger partial charge in [-0.15, -0.1) is 0 Å². The fraction of sp³-hybridized carbons (Fsp3) is 0.211. The average molecular weight is 415 g/mol. The molecule has 1 saturated heterocycles. The molecule has 0 bridgehead atoms. The first-order chi connectivity index (χ1) is 13.8. The number of nitrogens with zero attached hydrogens (tertiary/aromatic N) is 2. The zero-order valence-corrected chi connectivity index (χ0v) is 16.2. The molecule has 2 aromatic rings. The number of rotatable bonds is 5. The first-order valence-corrected chi connectivity index (χ1v) is 10.0. The lowest BCUT2D eigenvalue weighted by molar-refractivity contribution is -0.385. The molecular weight excluding hydrogens is 398 g/mol. The van der Waals surface area contributed by atoms with Crippen LogP contribution in [0, 0.1) is 28.9 Å². The van der Waals surface area contributed by atoms with Crippen molar-refractivity contribution in [1.82, 2.24) is 4.72 Å². The Morgan fingerprint density at radius 3 is 2.59 bits per heavy atom. The van der Waals surface area contributed by atoms with Crippen molar-refractivity contribution in [2.24, 2.45) is 0 Å². The quantitative estimate of drug-likeness (QED) is 0.454. The monoisotopic (exact) mass is 415 g/mol. The summed E-state index contributed by atoms with van der Waals surface area (Å²) >= 11 is 0. The molecule has 1 amide bonds. The van der Waals surface area contributed by atoms with Gasteiger partial charge in [0.2, 0.25) is 10.0 Å². The van der Waals surface area contributed by atoms with E-state index in [1.807, 2.05) is 0 Å². The molecule has 0 saturated carbocycles. The van der Waals surface area contributed by atoms with Crippen LogP contribution in [-0.4, -0.2) is 39.1 Å². The number of nitrogens with one attached hydrogen (secondary N) is 1. The molecule has 0 atom stereocenters. The number of carbonyl (C=O) groups is 1. The summed E-state index contributed by atoms with van der Waals surface area (Å²) in [7, 11) is -3.94. The molecule has 29 heavy (non-hydrogen) atoms. The predicted molar refractivity (Wildman–Crippen MR) is 105 cm³/mol. The molecule has 10 heteroatoms. The van der Waals surface area contributed by atoms with E-state index >= 15 is 0 Å². The first-order valence-electron chi connectivity index (χ1n) is 8.56. The summed E-state index contributed by atoms with van der Waals surface area (Å²) in [6.07, 6.45) is -0.394. The highest BCUT2D eigenvalue weighted by Gasteiger charge is 2.23. The van der Waals surface area contributed by atoms with Gasteiger partial charge in [-0.2, -0.15) is 4.72 Å². The van der Waals surface area contributed by atoms with Crippen molar-refractivity contribution in [2.45, 2.75) is 11.8 Å². The number of ether oxygens (including phenoxy) is 1. The molecule has 1 aliphatic rings. The molecule has 1 heterocycles. The highest BCUT2D eigenvalue weighted by Crippen LogP contribution is 2.21. The van der Waals surface area contributed by atoms with Gasteiger partial charge in [0, 0.05) is 23.4 Å². The van der Waals surface area contributed by atoms with Gasteiger partial charge in [0.15, 0.2) is 0 Å². The fourth-order valence-corrected chi connectivity index (χ4v) is 3.89. The molecular formula is C19H17N3O6S. The third kappa shape index (κ3) is 4.71. The molecule has 0 aliphatic carbocycles. The Labute approximate surface area is 167 Å². The summed E-state index contributed by atoms with van der Waals surface area (Å²) in [5, 5.41) is 10.9. The van der Waals surface area contributed by atoms with E-state index in [9.17, 15) is 23.3 Å². The highest BCUT2D eigenvalue weighted by atomic mass is 32.2. The number of cyclic esters (lactones) is 1. The van der Waals surface area contributed by atoms with E-state index in [-0.39, 0.29) is 17.1 Å². The maximum Gasteiger partial charge on any atom is 0.414 e. The Morgan fingerprint density at radius 2 is 1.97 bits per heavy atom. The zero-order valence-electron chi connectivity index (χ0n) is 15.4. The molecule has 0 spiro atoms. The van der Waals surface area contributed by atoms with E-state index < -0.39 is 21.0 Å². The lowest BCUT2D eigenvalue weighted by atomic mass is 10.2. The summed E-state index contributed by atoms with van der Waals surface area (Å²) in [4.78, 5) is 23.1. The molecule has 1 aliphatic heterocycles. The van der Waals surface area contributed by atoms with Gasteiger partial charge in [-0.05, 0) is 36.8 Å². The molecule has 2 aromatic carbocycles. The Bertz CT molecular complexity index is 1120. The maximum absolute atomic E-state index is 12.4. The first kappa shape index (κ1) is 20.3. The van der Waals surface area contributed by atoms with E-state index in [1.165, 1.54) is 17.0 Å². The summed E-state index contributed by atoms with van der Waals surface area (Å²) in [5.41, 5.74) is 1.43. The summed E-state index contributed by atoms with van der Waals surface area (Å²) < 4.78 is 32.0. The third-order valence-corrected chi connectivity index (χ3v) is 5.74. The molecule has 150 valence electrons. The van der Waals surface area contributed by atoms with E-state index in [1.54, 1.807) is 31.2 Å². The summed E-state index contributed by atoms with van der Waals surface area (Å²) in [6, 6.07) is 10.5. The van der Waals surface area contributed by atoms with Crippen molar-refractivity contribution in [2.75, 3.05) is 24.6 Å². The van der Waals surface area contributed by atoms with Crippen LogP contribution in [0.1, 0.15) is 11.1 Å². The Hall–Kier alpha value is -3.42. The maximum atomic E-state index is 12.4. The Kier molecular flexibility index (Phi) is 5.81. The number of anilines is 1. The Morgan fingerprint density at radius 1 is 1.24 bits per heavy atom. The van der Waals surface area contributed by atoms with Crippen LogP contribution in [0.2, 0.25) is 0 Å². The molecule has 0 aromatic heterocycles. The SMILES string of the molecule is Cc1ccc([N+](=O)[O-])cc1S(=O)(=O)NCC#Cc1ccc(N2CCOC2=O)cc1. The van der Waals surface area contributed by atoms with Crippen LogP contribution in [-0.2, 0) is 14.8 Å². The standard InChI is InChI=1S/C19H17N3O6S/c1-14-4-7-17(22(24)25)13-18(14)29(26,27)20-10-2-3-15-5-8-16(9-6-15)21-11-12-28-19(21)23/h4-9,13,20H,10-12H2,1H3. The molecule has 1 N–H and O–H groups in total. The van der Waals surface area contributed by atoms with Crippen molar-refractivity contribution in [3.63, 3.8) is 0 Å². The van der Waals surface area contributed by atoms with Crippen molar-refractivity contribution in [3.05, 3.63) is 63.7 Å². The minimum absolute atomic E-state index is 0.157. The topological polar surface area (TPSA) is 119 Å². The van der Waals surface area contributed by atoms with Crippen molar-refractivity contribution < 1.29 is 22.9 Å². The van der Waals surface area contributed by atoms with Crippen LogP contribution in [0.25, 0.3) is 0 Å². The number of nitro groups is 1. The van der Waals surface area contributed by atoms with Gasteiger partial charge in [0.1, 0.15) is 6.61 Å². The van der Waals surface area contributed by atoms with Crippen molar-refractivity contribution in [1.29, 1.82) is 0 Å². The minimum Gasteiger partial charge on any atom is -0.447 e. The van der Waals surface area contributed by atoms with Gasteiger partial charge < -0.3 is 4.74 Å². The number of hydrogen-bond acceptors (Lipinski definition) is 6. The highest BCUT2D eigenvalue weighted by molar-refractivity contribution is 7.89. The molecule has 9 nitrogen and oxygen atoms in total. The van der Waals surface area contributed by atoms with Gasteiger partial charge in [-0.3, -0.25) is 15.0 Å². The summed E-state index contributed by atoms with van der Waals surface area (Å²) in [6.45, 7) is 2.24. The van der Waals surface area contributed by atoms with Gasteiger partial charge in [0.25, 0.3) is 5.69 Å². The van der Waals surface area contributed by atoms with E-state index in [2.05, 4.69) is 16.6 Å². The lowest BCUT2D eigenvalue weighted by Gasteiger charge is -2.11. The number of sulfonamides is 1. The van der Waals surface area contributed by atoms with Crippen LogP contribution < -0.4 is 9.62 Å². The van der Waals surface area contributed by atoms with Gasteiger partial charge >= 0.3 is 6.09 Å². The van der Waals surface area contributed by atoms with Crippen LogP contribution in [0.15, 0.2) is 47.4 Å². The molecule has 0 unspecified atom stereocenters. The second-order valence-corrected chi connectivity index (χ2v) is 7.88. The van der Waals surface area contributed by atoms with Gasteiger partial charge in [-0.1, -0.05) is 17.9 Å². The van der Waals surface area contributed by atoms with Crippen LogP contribution in [0.3, 0.4) is 0 Å². The smallest absolute Gasteiger partial charge is 0.414 e. The number of non-ortho nitro benzene ring substituents is 1. The number of nitro benzene ring substituents is 1. The van der Waals surface area contributed by atoms with E-state index in [4.69, 9.17) is 4.74 Å². The molecule has 1 fully saturated rings. The van der Waals surface area contributed by atoms with Gasteiger partial charge in [-0.25, -0.2) is 13.2 Å². The van der Waals surface area contributed by atoms with Crippen LogP contribution >= 0.6 is 0 Å². The largest absolute Gasteiger partial charge is 0.447 e. The number of carbonyl (C=O) groups excluding carboxylic acids is 1. The normalized spacial score (nSPS) is 13.6. The van der Waals surface area contributed by atoms with Crippen molar-refractivity contribution in [3.8, 4) is 11.8 Å². The van der Waals surface area contributed by atoms with Crippen LogP contribution in [0.5, 0.6) is 0 Å². The molecule has 3 rings (SSSR count). The second kappa shape index (κ2) is 8.30. The predicted octanol–water partition coefficient (Wildman–Crippen LogP) is 2.19. The molecule has 0 radical (unpaired) electrons. The number of aryl methyl sites for hydroxylation is 1. The summed E-state index contributed by atoms with van der Waals surface area (Å²) in [5.74, 6) is 5.52. The Balaban J connectivity index is 1.66. The van der Waals surface area contributed by atoms with E-state index in [0.29, 0.717) is 30.0 Å². The third-order valence-electron chi connectivity index (χ3n) is 4.20. The second-order valence-electron chi connectivity index (χ2n) is 6.15. The lowest BCUT2D eigenvalue weighted by Crippen LogP contribution is -2.24. The van der Waals surface area contributed by atoms with Gasteiger partial charge in [0.05, 0.1) is 22.9 Å². The minimum atomic E-state index is -3.94. The van der Waals surface area contributed by atoms with E-state index in [0.717, 1.165) is 6.07 Å². The van der Waals surface area contributed by atoms with Crippen molar-refractivity contribution >= 4 is 27.5 Å². The number of hydrogen-bond donors (Lipinski definition) is 1. The average Bonchev–Trinajstić information content (AvgIpc) is 3.11. The zero-order chi connectivity index (χ0) is 21.0. The number of benzene rings is 2. The fourth-order valence-electron chi connectivity index (χ4n) is 2.70. The number of amides is 1. The van der Waals surface area contributed by atoms with Crippen LogP contribution in [0.4, 0.5) is 16.2 Å².